The molecule has 0 nitrogen and oxygen atoms in total. The van der Waals surface area contributed by atoms with E-state index in [4.69, 9.17) is 0 Å². The third-order valence-corrected chi connectivity index (χ3v) is 5.61. The van der Waals surface area contributed by atoms with Gasteiger partial charge in [0.05, 0.1) is 0 Å². The van der Waals surface area contributed by atoms with Crippen LogP contribution in [0.4, 0.5) is 0 Å². The van der Waals surface area contributed by atoms with Crippen molar-refractivity contribution in [3.05, 3.63) is 120 Å². The molecular formula is C34H50. The first-order valence-corrected chi connectivity index (χ1v) is 13.5. The van der Waals surface area contributed by atoms with Crippen LogP contribution in [0.25, 0.3) is 0 Å². The van der Waals surface area contributed by atoms with E-state index in [1.54, 1.807) is 0 Å². The third kappa shape index (κ3) is 9.72. The second-order valence-corrected chi connectivity index (χ2v) is 7.73. The molecule has 186 valence electrons. The Hall–Kier alpha value is -2.60. The van der Waals surface area contributed by atoms with Crippen LogP contribution >= 0.6 is 0 Å². The first kappa shape index (κ1) is 31.4. The second-order valence-electron chi connectivity index (χ2n) is 7.73. The van der Waals surface area contributed by atoms with E-state index in [1.807, 2.05) is 47.6 Å². The summed E-state index contributed by atoms with van der Waals surface area (Å²) in [6.45, 7) is 20.4. The lowest BCUT2D eigenvalue weighted by Crippen LogP contribution is -2.20. The molecule has 0 heterocycles. The summed E-state index contributed by atoms with van der Waals surface area (Å²) in [7, 11) is 0. The summed E-state index contributed by atoms with van der Waals surface area (Å²) in [6.07, 6.45) is 26.1. The van der Waals surface area contributed by atoms with Crippen LogP contribution in [0.1, 0.15) is 86.1 Å². The summed E-state index contributed by atoms with van der Waals surface area (Å²) in [4.78, 5) is 0. The molecule has 0 spiro atoms. The molecule has 3 rings (SSSR count). The van der Waals surface area contributed by atoms with E-state index in [9.17, 15) is 0 Å². The van der Waals surface area contributed by atoms with Gasteiger partial charge in [-0.2, -0.15) is 0 Å². The minimum absolute atomic E-state index is 0.258. The Labute approximate surface area is 212 Å². The SMILES string of the molecule is C=C/C=C(\C=C/C)C(c1ccccc1)C(C1=CCCC=C1)C1=CCC(C)C=C1.CC.CC.CC. The lowest BCUT2D eigenvalue weighted by molar-refractivity contribution is 0.615. The Morgan fingerprint density at radius 3 is 2.06 bits per heavy atom. The predicted octanol–water partition coefficient (Wildman–Crippen LogP) is 11.0. The molecule has 1 aromatic rings. The summed E-state index contributed by atoms with van der Waals surface area (Å²) < 4.78 is 0. The van der Waals surface area contributed by atoms with Crippen molar-refractivity contribution >= 4 is 0 Å². The predicted molar refractivity (Wildman–Crippen MR) is 157 cm³/mol. The van der Waals surface area contributed by atoms with Gasteiger partial charge in [0.15, 0.2) is 0 Å². The Kier molecular flexibility index (Phi) is 18.3. The Bertz CT molecular complexity index is 839. The van der Waals surface area contributed by atoms with Crippen LogP contribution in [-0.4, -0.2) is 0 Å². The molecule has 0 aliphatic heterocycles. The van der Waals surface area contributed by atoms with Crippen LogP contribution in [0.2, 0.25) is 0 Å². The average Bonchev–Trinajstić information content (AvgIpc) is 2.92. The van der Waals surface area contributed by atoms with E-state index in [0.29, 0.717) is 11.8 Å². The van der Waals surface area contributed by atoms with Crippen LogP contribution < -0.4 is 0 Å². The molecule has 0 heteroatoms. The average molecular weight is 459 g/mol. The number of hydrogen-bond donors (Lipinski definition) is 0. The van der Waals surface area contributed by atoms with Crippen molar-refractivity contribution in [3.8, 4) is 0 Å². The molecule has 0 bridgehead atoms. The summed E-state index contributed by atoms with van der Waals surface area (Å²) in [6, 6.07) is 10.9. The van der Waals surface area contributed by atoms with Crippen LogP contribution in [0.5, 0.6) is 0 Å². The summed E-state index contributed by atoms with van der Waals surface area (Å²) >= 11 is 0. The molecular weight excluding hydrogens is 408 g/mol. The fraction of sp³-hybridized carbons (Fsp3) is 0.412. The van der Waals surface area contributed by atoms with Gasteiger partial charge in [-0.15, -0.1) is 0 Å². The first-order chi connectivity index (χ1) is 16.7. The van der Waals surface area contributed by atoms with Gasteiger partial charge in [-0.1, -0.05) is 146 Å². The van der Waals surface area contributed by atoms with Crippen LogP contribution in [-0.2, 0) is 0 Å². The van der Waals surface area contributed by atoms with Gasteiger partial charge in [0.2, 0.25) is 0 Å². The van der Waals surface area contributed by atoms with Crippen molar-refractivity contribution in [3.63, 3.8) is 0 Å². The molecule has 3 unspecified atom stereocenters. The molecule has 0 radical (unpaired) electrons. The van der Waals surface area contributed by atoms with Crippen LogP contribution in [0.3, 0.4) is 0 Å². The molecule has 0 saturated carbocycles. The number of benzene rings is 1. The molecule has 0 amide bonds. The fourth-order valence-corrected chi connectivity index (χ4v) is 4.25. The molecule has 2 aliphatic rings. The minimum Gasteiger partial charge on any atom is -0.0991 e. The maximum Gasteiger partial charge on any atom is 0.0198 e. The van der Waals surface area contributed by atoms with Crippen molar-refractivity contribution < 1.29 is 0 Å². The fourth-order valence-electron chi connectivity index (χ4n) is 4.25. The molecule has 3 atom stereocenters. The molecule has 2 aliphatic carbocycles. The normalized spacial score (nSPS) is 18.6. The summed E-state index contributed by atoms with van der Waals surface area (Å²) in [5.41, 5.74) is 5.53. The van der Waals surface area contributed by atoms with Crippen molar-refractivity contribution in [1.82, 2.24) is 0 Å². The lowest BCUT2D eigenvalue weighted by atomic mass is 9.70. The molecule has 1 aromatic carbocycles. The van der Waals surface area contributed by atoms with Gasteiger partial charge in [0.25, 0.3) is 0 Å². The van der Waals surface area contributed by atoms with Gasteiger partial charge in [0.1, 0.15) is 0 Å². The van der Waals surface area contributed by atoms with Gasteiger partial charge in [-0.3, -0.25) is 0 Å². The zero-order valence-corrected chi connectivity index (χ0v) is 23.2. The van der Waals surface area contributed by atoms with E-state index in [2.05, 4.69) is 105 Å². The summed E-state index contributed by atoms with van der Waals surface area (Å²) in [5, 5.41) is 0. The number of allylic oxidation sites excluding steroid dienone is 13. The molecule has 0 fully saturated rings. The molecule has 0 N–H and O–H groups in total. The number of rotatable bonds is 7. The van der Waals surface area contributed by atoms with E-state index >= 15 is 0 Å². The largest absolute Gasteiger partial charge is 0.0991 e. The third-order valence-electron chi connectivity index (χ3n) is 5.61. The Morgan fingerprint density at radius 2 is 1.56 bits per heavy atom. The molecule has 0 aromatic heterocycles. The van der Waals surface area contributed by atoms with Gasteiger partial charge >= 0.3 is 0 Å². The highest BCUT2D eigenvalue weighted by molar-refractivity contribution is 5.48. The van der Waals surface area contributed by atoms with Crippen molar-refractivity contribution in [2.45, 2.75) is 80.6 Å². The van der Waals surface area contributed by atoms with E-state index in [1.165, 1.54) is 22.3 Å². The van der Waals surface area contributed by atoms with Gasteiger partial charge in [-0.05, 0) is 54.4 Å². The standard InChI is InChI=1S/C28H32.3C2H6/c1-4-12-23(13-5-2)27(24-14-8-6-9-15-24)28(25-16-10-7-11-17-25)26-20-18-22(3)19-21-26;3*1-2/h4-6,8-10,12-18,20-22,27-28H,1,7,11,19H2,2-3H3;3*1-2H3/b13-5-,23-12+;;;. The Balaban J connectivity index is 0.00000168. The van der Waals surface area contributed by atoms with Crippen LogP contribution in [0.15, 0.2) is 114 Å². The van der Waals surface area contributed by atoms with Gasteiger partial charge in [0, 0.05) is 11.8 Å². The van der Waals surface area contributed by atoms with Gasteiger partial charge in [-0.25, -0.2) is 0 Å². The zero-order chi connectivity index (χ0) is 25.8. The monoisotopic (exact) mass is 458 g/mol. The topological polar surface area (TPSA) is 0 Å². The van der Waals surface area contributed by atoms with Crippen molar-refractivity contribution in [1.29, 1.82) is 0 Å². The molecule has 34 heavy (non-hydrogen) atoms. The smallest absolute Gasteiger partial charge is 0.0198 e. The maximum absolute atomic E-state index is 3.99. The van der Waals surface area contributed by atoms with Crippen molar-refractivity contribution in [2.75, 3.05) is 0 Å². The molecule has 0 saturated heterocycles. The van der Waals surface area contributed by atoms with E-state index in [-0.39, 0.29) is 5.92 Å². The maximum atomic E-state index is 3.99. The first-order valence-electron chi connectivity index (χ1n) is 13.5. The summed E-state index contributed by atoms with van der Waals surface area (Å²) in [5.74, 6) is 1.19. The van der Waals surface area contributed by atoms with E-state index < -0.39 is 0 Å². The van der Waals surface area contributed by atoms with Gasteiger partial charge < -0.3 is 0 Å². The zero-order valence-electron chi connectivity index (χ0n) is 23.2. The minimum atomic E-state index is 0.258. The highest BCUT2D eigenvalue weighted by Gasteiger charge is 2.30. The highest BCUT2D eigenvalue weighted by Crippen LogP contribution is 2.44. The van der Waals surface area contributed by atoms with Crippen molar-refractivity contribution in [2.24, 2.45) is 11.8 Å². The highest BCUT2D eigenvalue weighted by atomic mass is 14.3. The quantitative estimate of drug-likeness (QED) is 0.356. The van der Waals surface area contributed by atoms with Crippen LogP contribution in [0, 0.1) is 11.8 Å². The Morgan fingerprint density at radius 1 is 0.912 bits per heavy atom. The van der Waals surface area contributed by atoms with E-state index in [0.717, 1.165) is 19.3 Å². The lowest BCUT2D eigenvalue weighted by Gasteiger charge is -2.33. The number of hydrogen-bond acceptors (Lipinski definition) is 0. The second kappa shape index (κ2) is 19.8.